The third kappa shape index (κ3) is 5.88. The molecule has 0 bridgehead atoms. The van der Waals surface area contributed by atoms with Crippen molar-refractivity contribution in [2.45, 2.75) is 45.2 Å². The van der Waals surface area contributed by atoms with Crippen LogP contribution in [0.25, 0.3) is 10.9 Å². The molecular formula is C23H23ClF3NO4. The van der Waals surface area contributed by atoms with Crippen molar-refractivity contribution in [3.63, 3.8) is 0 Å². The zero-order chi connectivity index (χ0) is 23.3. The molecule has 1 heterocycles. The van der Waals surface area contributed by atoms with Crippen LogP contribution >= 0.6 is 11.6 Å². The van der Waals surface area contributed by atoms with Crippen molar-refractivity contribution in [3.8, 4) is 17.2 Å². The molecule has 2 N–H and O–H groups in total. The molecule has 172 valence electrons. The number of unbranched alkanes of at least 4 members (excludes halogenated alkanes) is 3. The average molecular weight is 470 g/mol. The molecule has 0 saturated carbocycles. The zero-order valence-corrected chi connectivity index (χ0v) is 18.1. The second-order valence-corrected chi connectivity index (χ2v) is 7.80. The number of hydrogen-bond acceptors (Lipinski definition) is 3. The minimum absolute atomic E-state index is 0.207. The van der Waals surface area contributed by atoms with Gasteiger partial charge in [0, 0.05) is 23.2 Å². The van der Waals surface area contributed by atoms with Crippen LogP contribution in [0.5, 0.6) is 17.2 Å². The standard InChI is InChI=1S/C23H23ClF3NO4/c1-2-3-4-5-6-14-12-28-20-8-7-15(9-17(14)20)32-22-18(23(25,26)27)10-16(11-19(22)24)31-13-21(29)30/h7-12,28H,2-6,13H2,1H3,(H,29,30). The molecule has 0 aliphatic carbocycles. The topological polar surface area (TPSA) is 71.5 Å². The third-order valence-electron chi connectivity index (χ3n) is 4.94. The van der Waals surface area contributed by atoms with E-state index in [0.29, 0.717) is 6.07 Å². The van der Waals surface area contributed by atoms with Gasteiger partial charge in [-0.15, -0.1) is 0 Å². The lowest BCUT2D eigenvalue weighted by Gasteiger charge is -2.17. The number of hydrogen-bond donors (Lipinski definition) is 2. The van der Waals surface area contributed by atoms with E-state index in [0.717, 1.165) is 54.6 Å². The zero-order valence-electron chi connectivity index (χ0n) is 17.4. The Morgan fingerprint density at radius 3 is 2.59 bits per heavy atom. The van der Waals surface area contributed by atoms with Gasteiger partial charge >= 0.3 is 12.1 Å². The highest BCUT2D eigenvalue weighted by Gasteiger charge is 2.36. The molecule has 0 amide bonds. The number of benzene rings is 2. The van der Waals surface area contributed by atoms with Crippen molar-refractivity contribution in [3.05, 3.63) is 52.7 Å². The number of aliphatic carboxylic acids is 1. The summed E-state index contributed by atoms with van der Waals surface area (Å²) in [7, 11) is 0. The van der Waals surface area contributed by atoms with Crippen molar-refractivity contribution < 1.29 is 32.5 Å². The lowest BCUT2D eigenvalue weighted by Crippen LogP contribution is -2.12. The summed E-state index contributed by atoms with van der Waals surface area (Å²) in [5.74, 6) is -1.99. The molecule has 0 spiro atoms. The first-order chi connectivity index (χ1) is 15.2. The van der Waals surface area contributed by atoms with E-state index in [2.05, 4.69) is 11.9 Å². The fourth-order valence-corrected chi connectivity index (χ4v) is 3.65. The molecule has 5 nitrogen and oxygen atoms in total. The molecule has 0 atom stereocenters. The van der Waals surface area contributed by atoms with E-state index in [-0.39, 0.29) is 16.5 Å². The van der Waals surface area contributed by atoms with Crippen LogP contribution in [0.2, 0.25) is 5.02 Å². The van der Waals surface area contributed by atoms with Crippen LogP contribution in [-0.2, 0) is 17.4 Å². The minimum Gasteiger partial charge on any atom is -0.482 e. The Labute approximate surface area is 188 Å². The van der Waals surface area contributed by atoms with Crippen LogP contribution in [0.15, 0.2) is 36.5 Å². The number of nitrogens with one attached hydrogen (secondary N) is 1. The highest BCUT2D eigenvalue weighted by Crippen LogP contribution is 2.45. The Kier molecular flexibility index (Phi) is 7.56. The molecule has 0 radical (unpaired) electrons. The number of aromatic amines is 1. The van der Waals surface area contributed by atoms with E-state index < -0.39 is 30.1 Å². The molecule has 0 unspecified atom stereocenters. The van der Waals surface area contributed by atoms with Gasteiger partial charge in [-0.25, -0.2) is 4.79 Å². The van der Waals surface area contributed by atoms with Crippen molar-refractivity contribution in [1.82, 2.24) is 4.98 Å². The summed E-state index contributed by atoms with van der Waals surface area (Å²) in [5.41, 5.74) is 0.780. The van der Waals surface area contributed by atoms with Crippen molar-refractivity contribution >= 4 is 28.5 Å². The van der Waals surface area contributed by atoms with Crippen LogP contribution in [0.3, 0.4) is 0 Å². The van der Waals surface area contributed by atoms with Gasteiger partial charge in [0.2, 0.25) is 0 Å². The Morgan fingerprint density at radius 2 is 1.91 bits per heavy atom. The monoisotopic (exact) mass is 469 g/mol. The van der Waals surface area contributed by atoms with E-state index in [1.807, 2.05) is 6.20 Å². The van der Waals surface area contributed by atoms with Crippen LogP contribution in [0.1, 0.15) is 43.7 Å². The fraction of sp³-hybridized carbons (Fsp3) is 0.348. The number of carboxylic acid groups (broad SMARTS) is 1. The average Bonchev–Trinajstić information content (AvgIpc) is 3.12. The number of aryl methyl sites for hydroxylation is 1. The number of halogens is 4. The predicted molar refractivity (Wildman–Crippen MR) is 116 cm³/mol. The molecule has 32 heavy (non-hydrogen) atoms. The summed E-state index contributed by atoms with van der Waals surface area (Å²) in [6.45, 7) is 1.35. The van der Waals surface area contributed by atoms with Crippen molar-refractivity contribution in [2.24, 2.45) is 0 Å². The molecule has 0 saturated heterocycles. The minimum atomic E-state index is -4.79. The predicted octanol–water partition coefficient (Wildman–Crippen LogP) is 7.22. The van der Waals surface area contributed by atoms with Gasteiger partial charge in [-0.2, -0.15) is 13.2 Å². The number of carboxylic acids is 1. The van der Waals surface area contributed by atoms with Crippen LogP contribution in [0.4, 0.5) is 13.2 Å². The summed E-state index contributed by atoms with van der Waals surface area (Å²) in [5, 5.41) is 9.23. The van der Waals surface area contributed by atoms with E-state index in [1.165, 1.54) is 0 Å². The number of alkyl halides is 3. The van der Waals surface area contributed by atoms with Gasteiger partial charge in [0.1, 0.15) is 17.1 Å². The number of ether oxygens (including phenoxy) is 2. The first-order valence-electron chi connectivity index (χ1n) is 10.2. The van der Waals surface area contributed by atoms with Crippen LogP contribution in [0, 0.1) is 0 Å². The summed E-state index contributed by atoms with van der Waals surface area (Å²) in [6.07, 6.45) is 2.39. The van der Waals surface area contributed by atoms with E-state index >= 15 is 0 Å². The molecule has 9 heteroatoms. The Balaban J connectivity index is 1.90. The highest BCUT2D eigenvalue weighted by molar-refractivity contribution is 6.32. The molecule has 3 aromatic rings. The molecule has 3 rings (SSSR count). The number of fused-ring (bicyclic) bond motifs is 1. The highest BCUT2D eigenvalue weighted by atomic mass is 35.5. The molecular weight excluding hydrogens is 447 g/mol. The van der Waals surface area contributed by atoms with Gasteiger partial charge in [-0.1, -0.05) is 37.8 Å². The van der Waals surface area contributed by atoms with E-state index in [9.17, 15) is 18.0 Å². The van der Waals surface area contributed by atoms with E-state index in [1.54, 1.807) is 18.2 Å². The maximum atomic E-state index is 13.7. The van der Waals surface area contributed by atoms with Crippen molar-refractivity contribution in [1.29, 1.82) is 0 Å². The largest absolute Gasteiger partial charge is 0.482 e. The summed E-state index contributed by atoms with van der Waals surface area (Å²) < 4.78 is 51.4. The van der Waals surface area contributed by atoms with Gasteiger partial charge in [0.05, 0.1) is 5.02 Å². The second kappa shape index (κ2) is 10.2. The lowest BCUT2D eigenvalue weighted by molar-refractivity contribution is -0.139. The first kappa shape index (κ1) is 23.8. The maximum absolute atomic E-state index is 13.7. The second-order valence-electron chi connectivity index (χ2n) is 7.40. The SMILES string of the molecule is CCCCCCc1c[nH]c2ccc(Oc3c(Cl)cc(OCC(=O)O)cc3C(F)(F)F)cc12. The Bertz CT molecular complexity index is 1090. The Hall–Kier alpha value is -2.87. The lowest BCUT2D eigenvalue weighted by atomic mass is 10.1. The van der Waals surface area contributed by atoms with E-state index in [4.69, 9.17) is 26.2 Å². The summed E-state index contributed by atoms with van der Waals surface area (Å²) >= 11 is 6.07. The fourth-order valence-electron chi connectivity index (χ4n) is 3.40. The quantitative estimate of drug-likeness (QED) is 0.307. The first-order valence-corrected chi connectivity index (χ1v) is 10.6. The van der Waals surface area contributed by atoms with Gasteiger partial charge in [-0.3, -0.25) is 0 Å². The van der Waals surface area contributed by atoms with Gasteiger partial charge in [0.15, 0.2) is 12.4 Å². The number of aromatic nitrogens is 1. The Morgan fingerprint density at radius 1 is 1.12 bits per heavy atom. The third-order valence-corrected chi connectivity index (χ3v) is 5.22. The number of carbonyl (C=O) groups is 1. The molecule has 1 aromatic heterocycles. The van der Waals surface area contributed by atoms with Crippen molar-refractivity contribution in [2.75, 3.05) is 6.61 Å². The summed E-state index contributed by atoms with van der Waals surface area (Å²) in [4.78, 5) is 13.8. The molecule has 0 aliphatic heterocycles. The number of rotatable bonds is 10. The van der Waals surface area contributed by atoms with Crippen LogP contribution < -0.4 is 9.47 Å². The molecule has 0 fully saturated rings. The number of H-pyrrole nitrogens is 1. The van der Waals surface area contributed by atoms with Gasteiger partial charge < -0.3 is 19.6 Å². The summed E-state index contributed by atoms with van der Waals surface area (Å²) in [6, 6.07) is 6.77. The van der Waals surface area contributed by atoms with Gasteiger partial charge in [0.25, 0.3) is 0 Å². The maximum Gasteiger partial charge on any atom is 0.420 e. The van der Waals surface area contributed by atoms with Crippen LogP contribution in [-0.4, -0.2) is 22.7 Å². The normalized spacial score (nSPS) is 11.7. The molecule has 2 aromatic carbocycles. The smallest absolute Gasteiger partial charge is 0.420 e. The molecule has 0 aliphatic rings. The van der Waals surface area contributed by atoms with Gasteiger partial charge in [-0.05, 0) is 42.7 Å².